The average Bonchev–Trinajstić information content (AvgIpc) is 2.75. The normalized spacial score (nSPS) is 15.6. The summed E-state index contributed by atoms with van der Waals surface area (Å²) in [5.41, 5.74) is 3.64. The molecule has 3 aromatic carbocycles. The monoisotopic (exact) mass is 423 g/mol. The van der Waals surface area contributed by atoms with Crippen LogP contribution in [0.25, 0.3) is 0 Å². The van der Waals surface area contributed by atoms with E-state index in [0.29, 0.717) is 12.6 Å². The predicted octanol–water partition coefficient (Wildman–Crippen LogP) is 5.07. The first-order valence-corrected chi connectivity index (χ1v) is 11.1. The largest absolute Gasteiger partial charge is 0.332 e. The molecule has 148 valence electrons. The molecular formula is C24H24ClN2OS+. The van der Waals surface area contributed by atoms with Crippen LogP contribution in [0.3, 0.4) is 0 Å². The van der Waals surface area contributed by atoms with Crippen LogP contribution in [0.5, 0.6) is 0 Å². The number of benzene rings is 3. The Hall–Kier alpha value is -2.27. The molecule has 1 amide bonds. The summed E-state index contributed by atoms with van der Waals surface area (Å²) >= 11 is 7.59. The van der Waals surface area contributed by atoms with Crippen LogP contribution in [0.15, 0.2) is 82.6 Å². The van der Waals surface area contributed by atoms with Crippen molar-refractivity contribution in [2.75, 3.05) is 11.9 Å². The van der Waals surface area contributed by atoms with Gasteiger partial charge in [0.15, 0.2) is 6.54 Å². The van der Waals surface area contributed by atoms with Crippen LogP contribution < -0.4 is 10.6 Å². The van der Waals surface area contributed by atoms with Gasteiger partial charge >= 0.3 is 0 Å². The number of hydrogen-bond acceptors (Lipinski definition) is 2. The Morgan fingerprint density at radius 2 is 1.79 bits per heavy atom. The van der Waals surface area contributed by atoms with E-state index in [4.69, 9.17) is 11.6 Å². The van der Waals surface area contributed by atoms with E-state index in [2.05, 4.69) is 34.9 Å². The van der Waals surface area contributed by atoms with Crippen molar-refractivity contribution in [1.29, 1.82) is 0 Å². The number of anilines is 1. The molecule has 0 fully saturated rings. The second-order valence-electron chi connectivity index (χ2n) is 7.24. The van der Waals surface area contributed by atoms with E-state index in [1.54, 1.807) is 11.8 Å². The predicted molar refractivity (Wildman–Crippen MR) is 120 cm³/mol. The first-order valence-electron chi connectivity index (χ1n) is 9.92. The Labute approximate surface area is 180 Å². The number of amides is 1. The lowest BCUT2D eigenvalue weighted by atomic mass is 9.88. The van der Waals surface area contributed by atoms with Gasteiger partial charge in [-0.15, -0.1) is 0 Å². The van der Waals surface area contributed by atoms with Crippen LogP contribution >= 0.6 is 23.4 Å². The van der Waals surface area contributed by atoms with Gasteiger partial charge in [0.2, 0.25) is 0 Å². The van der Waals surface area contributed by atoms with Gasteiger partial charge in [0.25, 0.3) is 5.91 Å². The third kappa shape index (κ3) is 5.21. The zero-order valence-corrected chi connectivity index (χ0v) is 17.7. The van der Waals surface area contributed by atoms with Gasteiger partial charge in [0.05, 0.1) is 5.69 Å². The number of nitrogens with two attached hydrogens (primary N) is 1. The van der Waals surface area contributed by atoms with E-state index in [9.17, 15) is 4.79 Å². The summed E-state index contributed by atoms with van der Waals surface area (Å²) in [4.78, 5) is 14.8. The molecule has 3 N–H and O–H groups in total. The van der Waals surface area contributed by atoms with Crippen molar-refractivity contribution in [1.82, 2.24) is 0 Å². The number of aryl methyl sites for hydroxylation is 1. The third-order valence-corrected chi connectivity index (χ3v) is 6.54. The van der Waals surface area contributed by atoms with Gasteiger partial charge < -0.3 is 10.6 Å². The van der Waals surface area contributed by atoms with Crippen LogP contribution in [0.1, 0.15) is 30.0 Å². The van der Waals surface area contributed by atoms with Crippen LogP contribution in [-0.2, 0) is 11.2 Å². The first kappa shape index (κ1) is 20.0. The standard InChI is InChI=1S/C24H23ClN2OS/c25-18-12-14-19(15-13-18)29-23-11-4-3-9-22(23)27-24(28)16-26-21-10-5-7-17-6-1-2-8-20(17)21/h1-4,6,8-9,11-15,21,26H,5,7,10,16H2,(H,27,28)/p+1/t21-/m0/s1. The molecule has 0 heterocycles. The average molecular weight is 424 g/mol. The van der Waals surface area contributed by atoms with E-state index in [-0.39, 0.29) is 5.91 Å². The summed E-state index contributed by atoms with van der Waals surface area (Å²) in [6.45, 7) is 0.416. The molecule has 0 spiro atoms. The highest BCUT2D eigenvalue weighted by Gasteiger charge is 2.23. The molecule has 0 bridgehead atoms. The number of rotatable bonds is 6. The zero-order chi connectivity index (χ0) is 20.1. The van der Waals surface area contributed by atoms with Crippen LogP contribution in [0.2, 0.25) is 5.02 Å². The molecule has 4 rings (SSSR count). The Balaban J connectivity index is 1.39. The second-order valence-corrected chi connectivity index (χ2v) is 8.79. The van der Waals surface area contributed by atoms with Crippen molar-refractivity contribution in [2.45, 2.75) is 35.1 Å². The molecular weight excluding hydrogens is 400 g/mol. The lowest BCUT2D eigenvalue weighted by Crippen LogP contribution is -2.87. The molecule has 1 atom stereocenters. The molecule has 0 aliphatic heterocycles. The maximum atomic E-state index is 12.6. The fraction of sp³-hybridized carbons (Fsp3) is 0.208. The lowest BCUT2D eigenvalue weighted by molar-refractivity contribution is -0.687. The van der Waals surface area contributed by atoms with Crippen LogP contribution in [-0.4, -0.2) is 12.5 Å². The molecule has 0 saturated heterocycles. The highest BCUT2D eigenvalue weighted by molar-refractivity contribution is 7.99. The Bertz CT molecular complexity index is 990. The van der Waals surface area contributed by atoms with E-state index in [1.807, 2.05) is 48.5 Å². The minimum atomic E-state index is 0.0252. The van der Waals surface area contributed by atoms with Crippen molar-refractivity contribution in [3.05, 3.63) is 88.9 Å². The van der Waals surface area contributed by atoms with Crippen LogP contribution in [0, 0.1) is 0 Å². The summed E-state index contributed by atoms with van der Waals surface area (Å²) in [7, 11) is 0. The lowest BCUT2D eigenvalue weighted by Gasteiger charge is -2.23. The van der Waals surface area contributed by atoms with E-state index < -0.39 is 0 Å². The third-order valence-electron chi connectivity index (χ3n) is 5.21. The molecule has 3 aromatic rings. The van der Waals surface area contributed by atoms with Gasteiger partial charge in [-0.25, -0.2) is 0 Å². The number of nitrogens with one attached hydrogen (secondary N) is 1. The number of carbonyl (C=O) groups excluding carboxylic acids is 1. The SMILES string of the molecule is O=C(C[NH2+][C@H]1CCCc2ccccc21)Nc1ccccc1Sc1ccc(Cl)cc1. The molecule has 29 heavy (non-hydrogen) atoms. The van der Waals surface area contributed by atoms with Gasteiger partial charge in [0.1, 0.15) is 6.04 Å². The number of para-hydroxylation sites is 1. The Kier molecular flexibility index (Phi) is 6.55. The van der Waals surface area contributed by atoms with Gasteiger partial charge in [-0.3, -0.25) is 4.79 Å². The van der Waals surface area contributed by atoms with E-state index in [0.717, 1.165) is 33.3 Å². The summed E-state index contributed by atoms with van der Waals surface area (Å²) in [6, 6.07) is 24.6. The number of halogens is 1. The fourth-order valence-electron chi connectivity index (χ4n) is 3.78. The van der Waals surface area contributed by atoms with Gasteiger partial charge in [-0.05, 0) is 54.8 Å². The summed E-state index contributed by atoms with van der Waals surface area (Å²) in [5.74, 6) is 0.0252. The molecule has 1 aliphatic rings. The molecule has 0 unspecified atom stereocenters. The maximum absolute atomic E-state index is 12.6. The number of quaternary nitrogens is 1. The molecule has 0 radical (unpaired) electrons. The summed E-state index contributed by atoms with van der Waals surface area (Å²) < 4.78 is 0. The minimum absolute atomic E-state index is 0.0252. The molecule has 1 aliphatic carbocycles. The Morgan fingerprint density at radius 3 is 2.66 bits per heavy atom. The topological polar surface area (TPSA) is 45.7 Å². The summed E-state index contributed by atoms with van der Waals surface area (Å²) in [6.07, 6.45) is 3.44. The molecule has 0 aromatic heterocycles. The first-order chi connectivity index (χ1) is 14.2. The fourth-order valence-corrected chi connectivity index (χ4v) is 4.80. The summed E-state index contributed by atoms with van der Waals surface area (Å²) in [5, 5.41) is 5.98. The minimum Gasteiger partial charge on any atom is -0.332 e. The highest BCUT2D eigenvalue weighted by Crippen LogP contribution is 2.33. The van der Waals surface area contributed by atoms with Crippen LogP contribution in [0.4, 0.5) is 5.69 Å². The van der Waals surface area contributed by atoms with Crippen molar-refractivity contribution in [2.24, 2.45) is 0 Å². The van der Waals surface area contributed by atoms with E-state index in [1.165, 1.54) is 17.5 Å². The molecule has 3 nitrogen and oxygen atoms in total. The van der Waals surface area contributed by atoms with Crippen molar-refractivity contribution < 1.29 is 10.1 Å². The van der Waals surface area contributed by atoms with Crippen molar-refractivity contribution >= 4 is 35.0 Å². The zero-order valence-electron chi connectivity index (χ0n) is 16.1. The molecule has 0 saturated carbocycles. The Morgan fingerprint density at radius 1 is 1.03 bits per heavy atom. The van der Waals surface area contributed by atoms with E-state index >= 15 is 0 Å². The number of fused-ring (bicyclic) bond motifs is 1. The quantitative estimate of drug-likeness (QED) is 0.581. The smallest absolute Gasteiger partial charge is 0.279 e. The maximum Gasteiger partial charge on any atom is 0.279 e. The second kappa shape index (κ2) is 9.49. The molecule has 5 heteroatoms. The number of hydrogen-bond donors (Lipinski definition) is 2. The number of carbonyl (C=O) groups is 1. The van der Waals surface area contributed by atoms with Gasteiger partial charge in [0, 0.05) is 26.8 Å². The van der Waals surface area contributed by atoms with Gasteiger partial charge in [-0.2, -0.15) is 0 Å². The van der Waals surface area contributed by atoms with Crippen molar-refractivity contribution in [3.63, 3.8) is 0 Å². The van der Waals surface area contributed by atoms with Crippen molar-refractivity contribution in [3.8, 4) is 0 Å². The van der Waals surface area contributed by atoms with Gasteiger partial charge in [-0.1, -0.05) is 59.8 Å². The highest BCUT2D eigenvalue weighted by atomic mass is 35.5.